The van der Waals surface area contributed by atoms with Crippen LogP contribution < -0.4 is 11.1 Å². The second-order valence-electron chi connectivity index (χ2n) is 6.96. The van der Waals surface area contributed by atoms with Crippen LogP contribution in [0.4, 0.5) is 11.4 Å². The van der Waals surface area contributed by atoms with Crippen LogP contribution in [0.5, 0.6) is 0 Å². The number of hydrogen-bond acceptors (Lipinski definition) is 8. The molecule has 33 heavy (non-hydrogen) atoms. The number of aryl methyl sites for hydroxylation is 1. The van der Waals surface area contributed by atoms with Crippen LogP contribution in [0.25, 0.3) is 10.8 Å². The van der Waals surface area contributed by atoms with E-state index < -0.39 is 67.4 Å². The number of anilines is 2. The third kappa shape index (κ3) is 5.13. The van der Waals surface area contributed by atoms with Crippen molar-refractivity contribution in [1.29, 1.82) is 0 Å². The Morgan fingerprint density at radius 2 is 1.36 bits per heavy atom. The summed E-state index contributed by atoms with van der Waals surface area (Å²) in [4.78, 5) is 9.91. The molecule has 0 radical (unpaired) electrons. The quantitative estimate of drug-likeness (QED) is 0.243. The average Bonchev–Trinajstić information content (AvgIpc) is 2.64. The number of carbonyl (C=O) groups excluding carboxylic acids is 1. The summed E-state index contributed by atoms with van der Waals surface area (Å²) in [5.41, 5.74) is 6.03. The number of nitrogens with one attached hydrogen (secondary N) is 1. The number of rotatable bonds is 5. The molecule has 12 nitrogen and oxygen atoms in total. The van der Waals surface area contributed by atoms with E-state index in [0.717, 1.165) is 5.56 Å². The van der Waals surface area contributed by atoms with Crippen molar-refractivity contribution in [3.8, 4) is 0 Å². The predicted molar refractivity (Wildman–Crippen MR) is 117 cm³/mol. The highest BCUT2D eigenvalue weighted by Crippen LogP contribution is 2.35. The van der Waals surface area contributed by atoms with Gasteiger partial charge in [0.1, 0.15) is 4.90 Å². The normalized spacial score (nSPS) is 12.6. The second-order valence-corrected chi connectivity index (χ2v) is 11.2. The van der Waals surface area contributed by atoms with Crippen molar-refractivity contribution in [3.63, 3.8) is 0 Å². The van der Waals surface area contributed by atoms with Crippen molar-refractivity contribution in [2.75, 3.05) is 11.1 Å². The first kappa shape index (κ1) is 24.6. The zero-order valence-electron chi connectivity index (χ0n) is 16.5. The number of nitrogens with two attached hydrogens (primary N) is 1. The number of fused-ring (bicyclic) bond motifs is 1. The summed E-state index contributed by atoms with van der Waals surface area (Å²) in [5, 5.41) is 1.31. The van der Waals surface area contributed by atoms with Gasteiger partial charge in [-0.05, 0) is 54.3 Å². The summed E-state index contributed by atoms with van der Waals surface area (Å²) in [6.45, 7) is 1.71. The van der Waals surface area contributed by atoms with Gasteiger partial charge in [-0.2, -0.15) is 25.3 Å². The van der Waals surface area contributed by atoms with E-state index in [4.69, 9.17) is 5.73 Å². The van der Waals surface area contributed by atoms with Gasteiger partial charge in [-0.25, -0.2) is 0 Å². The monoisotopic (exact) mass is 516 g/mol. The van der Waals surface area contributed by atoms with Gasteiger partial charge in [0.15, 0.2) is 0 Å². The molecule has 0 bridgehead atoms. The smallest absolute Gasteiger partial charge is 0.295 e. The second kappa shape index (κ2) is 8.05. The van der Waals surface area contributed by atoms with Crippen molar-refractivity contribution in [2.24, 2.45) is 0 Å². The molecule has 0 atom stereocenters. The molecule has 3 aromatic carbocycles. The number of benzene rings is 3. The van der Waals surface area contributed by atoms with Crippen molar-refractivity contribution in [2.45, 2.75) is 21.6 Å². The van der Waals surface area contributed by atoms with Gasteiger partial charge in [0, 0.05) is 11.1 Å². The van der Waals surface area contributed by atoms with E-state index in [2.05, 4.69) is 5.32 Å². The van der Waals surface area contributed by atoms with Crippen LogP contribution in [0, 0.1) is 6.92 Å². The lowest BCUT2D eigenvalue weighted by molar-refractivity contribution is 0.102. The maximum absolute atomic E-state index is 12.8. The lowest BCUT2D eigenvalue weighted by Gasteiger charge is -2.15. The molecule has 6 N–H and O–H groups in total. The van der Waals surface area contributed by atoms with Gasteiger partial charge in [0.2, 0.25) is 0 Å². The van der Waals surface area contributed by atoms with Gasteiger partial charge in [-0.1, -0.05) is 6.07 Å². The van der Waals surface area contributed by atoms with Crippen LogP contribution in [0.3, 0.4) is 0 Å². The van der Waals surface area contributed by atoms with E-state index in [1.165, 1.54) is 12.1 Å². The minimum Gasteiger partial charge on any atom is -0.398 e. The molecule has 0 unspecified atom stereocenters. The largest absolute Gasteiger partial charge is 0.398 e. The lowest BCUT2D eigenvalue weighted by Crippen LogP contribution is -2.16. The fraction of sp³-hybridized carbons (Fsp3) is 0.0556. The van der Waals surface area contributed by atoms with Crippen molar-refractivity contribution >= 4 is 58.4 Å². The Bertz CT molecular complexity index is 1640. The van der Waals surface area contributed by atoms with E-state index in [9.17, 15) is 43.7 Å². The fourth-order valence-electron chi connectivity index (χ4n) is 3.10. The van der Waals surface area contributed by atoms with E-state index in [-0.39, 0.29) is 11.3 Å². The third-order valence-corrected chi connectivity index (χ3v) is 7.07. The molecule has 0 aliphatic rings. The Morgan fingerprint density at radius 3 is 1.85 bits per heavy atom. The van der Waals surface area contributed by atoms with Crippen molar-refractivity contribution < 1.29 is 43.7 Å². The molecule has 0 saturated carbocycles. The lowest BCUT2D eigenvalue weighted by atomic mass is 10.1. The standard InChI is InChI=1S/C18H16N2O10S3/c1-9-2-3-13(14(19)4-9)18(21)20-15-7-11(31(22,23)24)5-10-6-12(32(25,26)27)8-16(17(10)15)33(28,29)30/h2-8H,19H2,1H3,(H,20,21)(H,22,23,24)(H,25,26,27)(H,28,29,30). The molecule has 0 spiro atoms. The molecule has 0 aliphatic carbocycles. The predicted octanol–water partition coefficient (Wildman–Crippen LogP) is 1.72. The highest BCUT2D eigenvalue weighted by Gasteiger charge is 2.25. The average molecular weight is 517 g/mol. The zero-order valence-corrected chi connectivity index (χ0v) is 19.0. The van der Waals surface area contributed by atoms with Crippen molar-refractivity contribution in [1.82, 2.24) is 0 Å². The molecule has 176 valence electrons. The van der Waals surface area contributed by atoms with Gasteiger partial charge in [0.25, 0.3) is 36.3 Å². The van der Waals surface area contributed by atoms with Crippen molar-refractivity contribution in [3.05, 3.63) is 53.6 Å². The van der Waals surface area contributed by atoms with E-state index in [1.54, 1.807) is 13.0 Å². The molecule has 0 saturated heterocycles. The molecule has 0 heterocycles. The maximum atomic E-state index is 12.8. The van der Waals surface area contributed by atoms with Crippen LogP contribution in [0.15, 0.2) is 57.2 Å². The number of hydrogen-bond donors (Lipinski definition) is 5. The first-order chi connectivity index (χ1) is 15.0. The van der Waals surface area contributed by atoms with Crippen LogP contribution >= 0.6 is 0 Å². The topological polar surface area (TPSA) is 218 Å². The Hall–Kier alpha value is -3.08. The minimum absolute atomic E-state index is 0.0476. The summed E-state index contributed by atoms with van der Waals surface area (Å²) >= 11 is 0. The first-order valence-electron chi connectivity index (χ1n) is 8.70. The molecule has 3 aromatic rings. The Balaban J connectivity index is 2.40. The Kier molecular flexibility index (Phi) is 5.99. The maximum Gasteiger partial charge on any atom is 0.295 e. The van der Waals surface area contributed by atoms with Gasteiger partial charge in [-0.15, -0.1) is 0 Å². The van der Waals surface area contributed by atoms with E-state index in [0.29, 0.717) is 24.3 Å². The van der Waals surface area contributed by atoms with Crippen LogP contribution in [-0.4, -0.2) is 44.8 Å². The van der Waals surface area contributed by atoms with Gasteiger partial charge < -0.3 is 11.1 Å². The highest BCUT2D eigenvalue weighted by molar-refractivity contribution is 7.87. The number of carbonyl (C=O) groups is 1. The summed E-state index contributed by atoms with van der Waals surface area (Å²) in [6, 6.07) is 6.92. The molecule has 15 heteroatoms. The molecular formula is C18H16N2O10S3. The third-order valence-electron chi connectivity index (χ3n) is 4.53. The summed E-state index contributed by atoms with van der Waals surface area (Å²) in [5.74, 6) is -0.901. The molecule has 1 amide bonds. The summed E-state index contributed by atoms with van der Waals surface area (Å²) in [7, 11) is -15.1. The number of nitrogen functional groups attached to an aromatic ring is 1. The molecule has 3 rings (SSSR count). The Labute approximate surface area is 188 Å². The highest BCUT2D eigenvalue weighted by atomic mass is 32.2. The van der Waals surface area contributed by atoms with Crippen LogP contribution in [0.1, 0.15) is 15.9 Å². The molecule has 0 aromatic heterocycles. The summed E-state index contributed by atoms with van der Waals surface area (Å²) in [6.07, 6.45) is 0. The van der Waals surface area contributed by atoms with E-state index >= 15 is 0 Å². The summed E-state index contributed by atoms with van der Waals surface area (Å²) < 4.78 is 99.0. The van der Waals surface area contributed by atoms with Gasteiger partial charge >= 0.3 is 0 Å². The van der Waals surface area contributed by atoms with Crippen LogP contribution in [0.2, 0.25) is 0 Å². The first-order valence-corrected chi connectivity index (χ1v) is 13.0. The minimum atomic E-state index is -5.16. The fourth-order valence-corrected chi connectivity index (χ4v) is 5.02. The van der Waals surface area contributed by atoms with E-state index in [1.807, 2.05) is 0 Å². The molecule has 0 fully saturated rings. The Morgan fingerprint density at radius 1 is 0.818 bits per heavy atom. The van der Waals surface area contributed by atoms with Crippen LogP contribution in [-0.2, 0) is 30.4 Å². The molecule has 0 aliphatic heterocycles. The molecular weight excluding hydrogens is 500 g/mol. The number of amides is 1. The zero-order chi connectivity index (χ0) is 24.9. The van der Waals surface area contributed by atoms with Gasteiger partial charge in [-0.3, -0.25) is 18.5 Å². The SMILES string of the molecule is Cc1ccc(C(=O)Nc2cc(S(=O)(=O)O)cc3cc(S(=O)(=O)O)cc(S(=O)(=O)O)c23)c(N)c1. The van der Waals surface area contributed by atoms with Gasteiger partial charge in [0.05, 0.1) is 21.0 Å².